The van der Waals surface area contributed by atoms with E-state index in [9.17, 15) is 27.5 Å². The molecule has 0 aliphatic carbocycles. The molecule has 1 heterocycles. The van der Waals surface area contributed by atoms with Crippen LogP contribution in [0.5, 0.6) is 5.75 Å². The zero-order chi connectivity index (χ0) is 15.1. The number of aromatic amines is 1. The van der Waals surface area contributed by atoms with E-state index in [2.05, 4.69) is 0 Å². The molecule has 106 valence electrons. The van der Waals surface area contributed by atoms with Gasteiger partial charge in [0.25, 0.3) is 5.56 Å². The van der Waals surface area contributed by atoms with Crippen LogP contribution in [-0.2, 0) is 6.18 Å². The number of H-pyrrole nitrogens is 1. The molecule has 0 saturated heterocycles. The first-order valence-corrected chi connectivity index (χ1v) is 5.57. The minimum Gasteiger partial charge on any atom is -0.507 e. The van der Waals surface area contributed by atoms with Crippen molar-refractivity contribution in [3.63, 3.8) is 0 Å². The normalized spacial score (nSPS) is 11.7. The number of aromatic nitrogens is 1. The van der Waals surface area contributed by atoms with E-state index in [0.717, 1.165) is 12.1 Å². The zero-order valence-corrected chi connectivity index (χ0v) is 10.3. The van der Waals surface area contributed by atoms with Gasteiger partial charge in [0.15, 0.2) is 0 Å². The van der Waals surface area contributed by atoms with Crippen molar-refractivity contribution in [2.45, 2.75) is 6.18 Å². The second-order valence-corrected chi connectivity index (χ2v) is 4.33. The standard InChI is InChI=1S/C12H6ClF4NO2/c13-5-1-2-6(7(14)3-5)10-8(19)4-9(12(15,16)17)18-11(10)20/h1-4H,(H2,18,19,20). The fourth-order valence-electron chi connectivity index (χ4n) is 1.65. The summed E-state index contributed by atoms with van der Waals surface area (Å²) in [5.41, 5.74) is -3.61. The summed E-state index contributed by atoms with van der Waals surface area (Å²) in [6.45, 7) is 0. The number of pyridine rings is 1. The van der Waals surface area contributed by atoms with Crippen molar-refractivity contribution >= 4 is 11.6 Å². The highest BCUT2D eigenvalue weighted by Gasteiger charge is 2.33. The van der Waals surface area contributed by atoms with E-state index in [-0.39, 0.29) is 10.6 Å². The predicted octanol–water partition coefficient (Wildman–Crippen LogP) is 3.56. The molecule has 20 heavy (non-hydrogen) atoms. The molecule has 1 aromatic heterocycles. The third kappa shape index (κ3) is 2.62. The van der Waals surface area contributed by atoms with E-state index in [1.807, 2.05) is 0 Å². The molecular formula is C12H6ClF4NO2. The first kappa shape index (κ1) is 14.4. The Kier molecular flexibility index (Phi) is 3.47. The molecule has 0 aliphatic rings. The summed E-state index contributed by atoms with van der Waals surface area (Å²) in [5.74, 6) is -1.90. The van der Waals surface area contributed by atoms with E-state index in [0.29, 0.717) is 6.07 Å². The van der Waals surface area contributed by atoms with Gasteiger partial charge in [-0.25, -0.2) is 4.39 Å². The van der Waals surface area contributed by atoms with Gasteiger partial charge in [0, 0.05) is 16.7 Å². The summed E-state index contributed by atoms with van der Waals surface area (Å²) in [4.78, 5) is 13.2. The highest BCUT2D eigenvalue weighted by molar-refractivity contribution is 6.30. The van der Waals surface area contributed by atoms with Gasteiger partial charge in [-0.3, -0.25) is 4.79 Å². The van der Waals surface area contributed by atoms with Crippen LogP contribution in [-0.4, -0.2) is 10.1 Å². The van der Waals surface area contributed by atoms with Gasteiger partial charge in [-0.15, -0.1) is 0 Å². The summed E-state index contributed by atoms with van der Waals surface area (Å²) in [7, 11) is 0. The average molecular weight is 308 g/mol. The Morgan fingerprint density at radius 2 is 1.85 bits per heavy atom. The monoisotopic (exact) mass is 307 g/mol. The number of alkyl halides is 3. The van der Waals surface area contributed by atoms with Crippen molar-refractivity contribution in [2.24, 2.45) is 0 Å². The highest BCUT2D eigenvalue weighted by Crippen LogP contribution is 2.33. The lowest BCUT2D eigenvalue weighted by Gasteiger charge is -2.10. The number of hydrogen-bond acceptors (Lipinski definition) is 2. The van der Waals surface area contributed by atoms with Crippen LogP contribution in [0, 0.1) is 5.82 Å². The Balaban J connectivity index is 2.68. The van der Waals surface area contributed by atoms with Gasteiger partial charge in [0.1, 0.15) is 17.3 Å². The lowest BCUT2D eigenvalue weighted by atomic mass is 10.1. The van der Waals surface area contributed by atoms with Gasteiger partial charge in [0.2, 0.25) is 0 Å². The molecule has 0 fully saturated rings. The summed E-state index contributed by atoms with van der Waals surface area (Å²) in [6, 6.07) is 3.55. The largest absolute Gasteiger partial charge is 0.507 e. The molecule has 0 atom stereocenters. The molecule has 0 saturated carbocycles. The van der Waals surface area contributed by atoms with E-state index >= 15 is 0 Å². The number of hydrogen-bond donors (Lipinski definition) is 2. The van der Waals surface area contributed by atoms with Crippen molar-refractivity contribution in [3.8, 4) is 16.9 Å². The SMILES string of the molecule is O=c1[nH]c(C(F)(F)F)cc(O)c1-c1ccc(Cl)cc1F. The third-order valence-corrected chi connectivity index (χ3v) is 2.75. The van der Waals surface area contributed by atoms with Gasteiger partial charge in [-0.2, -0.15) is 13.2 Å². The number of nitrogens with one attached hydrogen (secondary N) is 1. The molecule has 0 amide bonds. The topological polar surface area (TPSA) is 53.1 Å². The highest BCUT2D eigenvalue weighted by atomic mass is 35.5. The van der Waals surface area contributed by atoms with Gasteiger partial charge in [-0.05, 0) is 18.2 Å². The molecule has 0 aliphatic heterocycles. The van der Waals surface area contributed by atoms with Crippen LogP contribution in [0.2, 0.25) is 5.02 Å². The van der Waals surface area contributed by atoms with Gasteiger partial charge >= 0.3 is 6.18 Å². The quantitative estimate of drug-likeness (QED) is 0.792. The Hall–Kier alpha value is -2.02. The average Bonchev–Trinajstić information content (AvgIpc) is 2.29. The molecule has 0 spiro atoms. The van der Waals surface area contributed by atoms with E-state index in [4.69, 9.17) is 11.6 Å². The van der Waals surface area contributed by atoms with Crippen LogP contribution >= 0.6 is 11.6 Å². The lowest BCUT2D eigenvalue weighted by molar-refractivity contribution is -0.141. The fourth-order valence-corrected chi connectivity index (χ4v) is 1.81. The van der Waals surface area contributed by atoms with Crippen LogP contribution < -0.4 is 5.56 Å². The van der Waals surface area contributed by atoms with E-state index in [1.165, 1.54) is 6.07 Å². The molecule has 0 bridgehead atoms. The fraction of sp³-hybridized carbons (Fsp3) is 0.0833. The Labute approximate surface area is 114 Å². The van der Waals surface area contributed by atoms with E-state index in [1.54, 1.807) is 4.98 Å². The third-order valence-electron chi connectivity index (χ3n) is 2.52. The summed E-state index contributed by atoms with van der Waals surface area (Å²) < 4.78 is 51.0. The first-order chi connectivity index (χ1) is 9.20. The minimum absolute atomic E-state index is 0.0501. The molecule has 2 aromatic rings. The number of benzene rings is 1. The van der Waals surface area contributed by atoms with Crippen molar-refractivity contribution in [3.05, 3.63) is 51.2 Å². The maximum Gasteiger partial charge on any atom is 0.431 e. The summed E-state index contributed by atoms with van der Waals surface area (Å²) in [5, 5.41) is 9.61. The van der Waals surface area contributed by atoms with Crippen LogP contribution in [0.15, 0.2) is 29.1 Å². The predicted molar refractivity (Wildman–Crippen MR) is 64.1 cm³/mol. The van der Waals surface area contributed by atoms with Crippen LogP contribution in [0.4, 0.5) is 17.6 Å². The summed E-state index contributed by atoms with van der Waals surface area (Å²) in [6.07, 6.45) is -4.83. The van der Waals surface area contributed by atoms with Crippen molar-refractivity contribution in [1.82, 2.24) is 4.98 Å². The van der Waals surface area contributed by atoms with E-state index < -0.39 is 34.6 Å². The zero-order valence-electron chi connectivity index (χ0n) is 9.55. The second-order valence-electron chi connectivity index (χ2n) is 3.89. The Morgan fingerprint density at radius 1 is 1.20 bits per heavy atom. The van der Waals surface area contributed by atoms with Crippen molar-refractivity contribution < 1.29 is 22.7 Å². The van der Waals surface area contributed by atoms with Gasteiger partial charge < -0.3 is 10.1 Å². The number of aromatic hydroxyl groups is 1. The molecule has 0 radical (unpaired) electrons. The number of rotatable bonds is 1. The lowest BCUT2D eigenvalue weighted by Crippen LogP contribution is -2.18. The first-order valence-electron chi connectivity index (χ1n) is 5.19. The van der Waals surface area contributed by atoms with Crippen molar-refractivity contribution in [1.29, 1.82) is 0 Å². The Bertz CT molecular complexity index is 724. The maximum absolute atomic E-state index is 13.7. The van der Waals surface area contributed by atoms with Crippen LogP contribution in [0.1, 0.15) is 5.69 Å². The van der Waals surface area contributed by atoms with Crippen LogP contribution in [0.3, 0.4) is 0 Å². The van der Waals surface area contributed by atoms with Gasteiger partial charge in [0.05, 0.1) is 5.56 Å². The molecule has 1 aromatic carbocycles. The van der Waals surface area contributed by atoms with Crippen LogP contribution in [0.25, 0.3) is 11.1 Å². The molecular weight excluding hydrogens is 302 g/mol. The summed E-state index contributed by atoms with van der Waals surface area (Å²) >= 11 is 5.53. The molecule has 8 heteroatoms. The smallest absolute Gasteiger partial charge is 0.431 e. The van der Waals surface area contributed by atoms with Crippen molar-refractivity contribution in [2.75, 3.05) is 0 Å². The van der Waals surface area contributed by atoms with Gasteiger partial charge in [-0.1, -0.05) is 11.6 Å². The maximum atomic E-state index is 13.7. The molecule has 0 unspecified atom stereocenters. The number of halogens is 5. The molecule has 2 N–H and O–H groups in total. The second kappa shape index (κ2) is 4.82. The molecule has 2 rings (SSSR count). The minimum atomic E-state index is -4.83. The Morgan fingerprint density at radius 3 is 2.35 bits per heavy atom. The molecule has 3 nitrogen and oxygen atoms in total.